The highest BCUT2D eigenvalue weighted by atomic mass is 19.1. The van der Waals surface area contributed by atoms with E-state index in [4.69, 9.17) is 0 Å². The number of carbonyl (C=O) groups excluding carboxylic acids is 1. The molecule has 3 aromatic rings. The minimum absolute atomic E-state index is 0.118. The molecule has 0 radical (unpaired) electrons. The van der Waals surface area contributed by atoms with Crippen LogP contribution >= 0.6 is 0 Å². The Kier molecular flexibility index (Phi) is 7.36. The van der Waals surface area contributed by atoms with Crippen LogP contribution in [-0.4, -0.2) is 23.8 Å². The highest BCUT2D eigenvalue weighted by molar-refractivity contribution is 5.75. The van der Waals surface area contributed by atoms with Crippen LogP contribution in [0.4, 0.5) is 9.18 Å². The van der Waals surface area contributed by atoms with E-state index in [9.17, 15) is 14.3 Å². The van der Waals surface area contributed by atoms with E-state index in [0.29, 0.717) is 18.4 Å². The fourth-order valence-electron chi connectivity index (χ4n) is 3.29. The zero-order valence-electron chi connectivity index (χ0n) is 16.1. The highest BCUT2D eigenvalue weighted by Crippen LogP contribution is 2.14. The van der Waals surface area contributed by atoms with Gasteiger partial charge >= 0.3 is 6.03 Å². The predicted molar refractivity (Wildman–Crippen MR) is 112 cm³/mol. The first-order valence-electron chi connectivity index (χ1n) is 9.65. The molecule has 3 rings (SSSR count). The number of hydrogen-bond donors (Lipinski definition) is 3. The third kappa shape index (κ3) is 6.43. The van der Waals surface area contributed by atoms with Gasteiger partial charge in [-0.2, -0.15) is 0 Å². The Balaban J connectivity index is 1.68. The van der Waals surface area contributed by atoms with Crippen LogP contribution in [0.1, 0.15) is 22.7 Å². The lowest BCUT2D eigenvalue weighted by molar-refractivity contribution is 0.214. The zero-order valence-corrected chi connectivity index (χ0v) is 16.1. The van der Waals surface area contributed by atoms with Crippen LogP contribution in [0.25, 0.3) is 0 Å². The van der Waals surface area contributed by atoms with Crippen molar-refractivity contribution in [1.82, 2.24) is 10.6 Å². The number of benzene rings is 3. The SMILES string of the molecule is O=C(NC(Cc1ccccc1)Cc1ccccc1)NC(CO)c1ccc(F)cc1. The van der Waals surface area contributed by atoms with Crippen LogP contribution in [-0.2, 0) is 12.8 Å². The predicted octanol–water partition coefficient (Wildman–Crippen LogP) is 4.01. The quantitative estimate of drug-likeness (QED) is 0.542. The van der Waals surface area contributed by atoms with Gasteiger partial charge in [0.25, 0.3) is 0 Å². The lowest BCUT2D eigenvalue weighted by Crippen LogP contribution is -2.46. The van der Waals surface area contributed by atoms with Gasteiger partial charge in [0.05, 0.1) is 12.6 Å². The number of halogens is 1. The first-order chi connectivity index (χ1) is 14.1. The molecule has 3 N–H and O–H groups in total. The summed E-state index contributed by atoms with van der Waals surface area (Å²) in [6.45, 7) is -0.277. The molecular weight excluding hydrogens is 367 g/mol. The van der Waals surface area contributed by atoms with Gasteiger partial charge in [-0.3, -0.25) is 0 Å². The van der Waals surface area contributed by atoms with Crippen molar-refractivity contribution in [3.05, 3.63) is 107 Å². The van der Waals surface area contributed by atoms with Gasteiger partial charge in [-0.1, -0.05) is 72.8 Å². The number of aliphatic hydroxyl groups is 1. The van der Waals surface area contributed by atoms with Gasteiger partial charge in [-0.15, -0.1) is 0 Å². The van der Waals surface area contributed by atoms with Crippen LogP contribution < -0.4 is 10.6 Å². The van der Waals surface area contributed by atoms with E-state index in [1.165, 1.54) is 12.1 Å². The van der Waals surface area contributed by atoms with Crippen LogP contribution in [0.5, 0.6) is 0 Å². The Bertz CT molecular complexity index is 844. The number of aliphatic hydroxyl groups excluding tert-OH is 1. The smallest absolute Gasteiger partial charge is 0.315 e. The van der Waals surface area contributed by atoms with E-state index < -0.39 is 6.04 Å². The Morgan fingerprint density at radius 1 is 0.793 bits per heavy atom. The number of urea groups is 1. The maximum Gasteiger partial charge on any atom is 0.315 e. The Morgan fingerprint density at radius 3 is 1.79 bits per heavy atom. The van der Waals surface area contributed by atoms with Crippen molar-refractivity contribution in [2.75, 3.05) is 6.61 Å². The van der Waals surface area contributed by atoms with Gasteiger partial charge in [0.1, 0.15) is 5.82 Å². The van der Waals surface area contributed by atoms with E-state index in [0.717, 1.165) is 11.1 Å². The van der Waals surface area contributed by atoms with Gasteiger partial charge in [-0.25, -0.2) is 9.18 Å². The van der Waals surface area contributed by atoms with E-state index in [1.807, 2.05) is 60.7 Å². The number of carbonyl (C=O) groups is 1. The van der Waals surface area contributed by atoms with E-state index in [-0.39, 0.29) is 24.5 Å². The Hall–Kier alpha value is -3.18. The molecule has 0 aliphatic carbocycles. The van der Waals surface area contributed by atoms with Crippen molar-refractivity contribution in [1.29, 1.82) is 0 Å². The van der Waals surface area contributed by atoms with Crippen LogP contribution in [0.2, 0.25) is 0 Å². The molecule has 4 nitrogen and oxygen atoms in total. The fraction of sp³-hybridized carbons (Fsp3) is 0.208. The van der Waals surface area contributed by atoms with Gasteiger partial charge in [0.15, 0.2) is 0 Å². The topological polar surface area (TPSA) is 61.4 Å². The minimum atomic E-state index is -0.607. The first kappa shape index (κ1) is 20.6. The summed E-state index contributed by atoms with van der Waals surface area (Å²) in [5.74, 6) is -0.360. The summed E-state index contributed by atoms with van der Waals surface area (Å²) in [6.07, 6.45) is 1.37. The average Bonchev–Trinajstić information content (AvgIpc) is 2.74. The van der Waals surface area contributed by atoms with Gasteiger partial charge in [0, 0.05) is 6.04 Å². The first-order valence-corrected chi connectivity index (χ1v) is 9.65. The molecule has 2 amide bonds. The molecule has 0 fully saturated rings. The lowest BCUT2D eigenvalue weighted by Gasteiger charge is -2.22. The third-order valence-corrected chi connectivity index (χ3v) is 4.75. The molecule has 1 atom stereocenters. The molecule has 5 heteroatoms. The number of rotatable bonds is 8. The van der Waals surface area contributed by atoms with Crippen LogP contribution in [0.3, 0.4) is 0 Å². The number of amides is 2. The standard InChI is InChI=1S/C24H25FN2O2/c25-21-13-11-20(12-14-21)23(17-28)27-24(29)26-22(15-18-7-3-1-4-8-18)16-19-9-5-2-6-10-19/h1-14,22-23,28H,15-17H2,(H2,26,27,29). The van der Waals surface area contributed by atoms with Gasteiger partial charge in [0.2, 0.25) is 0 Å². The summed E-state index contributed by atoms with van der Waals surface area (Å²) in [5, 5.41) is 15.5. The number of nitrogens with one attached hydrogen (secondary N) is 2. The monoisotopic (exact) mass is 392 g/mol. The van der Waals surface area contributed by atoms with Crippen molar-refractivity contribution in [2.45, 2.75) is 24.9 Å². The molecule has 0 saturated carbocycles. The summed E-state index contributed by atoms with van der Waals surface area (Å²) in [7, 11) is 0. The third-order valence-electron chi connectivity index (χ3n) is 4.75. The molecule has 0 heterocycles. The molecule has 0 spiro atoms. The van der Waals surface area contributed by atoms with Crippen LogP contribution in [0, 0.1) is 5.82 Å². The molecule has 0 aromatic heterocycles. The minimum Gasteiger partial charge on any atom is -0.394 e. The molecule has 29 heavy (non-hydrogen) atoms. The van der Waals surface area contributed by atoms with Crippen molar-refractivity contribution < 1.29 is 14.3 Å². The summed E-state index contributed by atoms with van der Waals surface area (Å²) >= 11 is 0. The van der Waals surface area contributed by atoms with Gasteiger partial charge in [-0.05, 0) is 41.7 Å². The number of hydrogen-bond acceptors (Lipinski definition) is 2. The molecular formula is C24H25FN2O2. The summed E-state index contributed by atoms with van der Waals surface area (Å²) < 4.78 is 13.1. The second-order valence-corrected chi connectivity index (χ2v) is 6.98. The van der Waals surface area contributed by atoms with E-state index in [2.05, 4.69) is 10.6 Å². The molecule has 150 valence electrons. The summed E-state index contributed by atoms with van der Waals surface area (Å²) in [5.41, 5.74) is 2.91. The normalized spacial score (nSPS) is 11.8. The fourth-order valence-corrected chi connectivity index (χ4v) is 3.29. The maximum absolute atomic E-state index is 13.1. The maximum atomic E-state index is 13.1. The Morgan fingerprint density at radius 2 is 1.31 bits per heavy atom. The molecule has 0 saturated heterocycles. The lowest BCUT2D eigenvalue weighted by atomic mass is 9.99. The molecule has 0 aliphatic heterocycles. The average molecular weight is 392 g/mol. The zero-order chi connectivity index (χ0) is 20.5. The van der Waals surface area contributed by atoms with Crippen molar-refractivity contribution >= 4 is 6.03 Å². The second-order valence-electron chi connectivity index (χ2n) is 6.98. The second kappa shape index (κ2) is 10.4. The Labute approximate surface area is 170 Å². The molecule has 0 aliphatic rings. The van der Waals surface area contributed by atoms with Gasteiger partial charge < -0.3 is 15.7 Å². The summed E-state index contributed by atoms with van der Waals surface area (Å²) in [6, 6.07) is 24.6. The van der Waals surface area contributed by atoms with Crippen molar-refractivity contribution in [3.63, 3.8) is 0 Å². The van der Waals surface area contributed by atoms with Crippen molar-refractivity contribution in [3.8, 4) is 0 Å². The van der Waals surface area contributed by atoms with Crippen LogP contribution in [0.15, 0.2) is 84.9 Å². The van der Waals surface area contributed by atoms with Crippen molar-refractivity contribution in [2.24, 2.45) is 0 Å². The largest absolute Gasteiger partial charge is 0.394 e. The molecule has 1 unspecified atom stereocenters. The van der Waals surface area contributed by atoms with E-state index in [1.54, 1.807) is 12.1 Å². The van der Waals surface area contributed by atoms with E-state index >= 15 is 0 Å². The highest BCUT2D eigenvalue weighted by Gasteiger charge is 2.18. The molecule has 0 bridgehead atoms. The molecule has 3 aromatic carbocycles. The summed E-state index contributed by atoms with van der Waals surface area (Å²) in [4.78, 5) is 12.6.